The van der Waals surface area contributed by atoms with Gasteiger partial charge in [-0.2, -0.15) is 0 Å². The number of ether oxygens (including phenoxy) is 2. The van der Waals surface area contributed by atoms with E-state index in [-0.39, 0.29) is 17.4 Å². The van der Waals surface area contributed by atoms with Gasteiger partial charge in [0.1, 0.15) is 5.76 Å². The summed E-state index contributed by atoms with van der Waals surface area (Å²) in [6, 6.07) is 10.6. The van der Waals surface area contributed by atoms with E-state index >= 15 is 0 Å². The van der Waals surface area contributed by atoms with Crippen LogP contribution < -0.4 is 5.56 Å². The van der Waals surface area contributed by atoms with Gasteiger partial charge in [-0.05, 0) is 44.5 Å². The van der Waals surface area contributed by atoms with Crippen LogP contribution in [0.1, 0.15) is 36.6 Å². The molecule has 3 rings (SSSR count). The van der Waals surface area contributed by atoms with Gasteiger partial charge in [-0.3, -0.25) is 9.36 Å². The number of hydrogen-bond donors (Lipinski definition) is 0. The van der Waals surface area contributed by atoms with Gasteiger partial charge in [0.05, 0.1) is 29.9 Å². The molecule has 1 aromatic carbocycles. The van der Waals surface area contributed by atoms with Gasteiger partial charge in [0.2, 0.25) is 5.76 Å². The Morgan fingerprint density at radius 3 is 2.79 bits per heavy atom. The molecule has 8 heteroatoms. The molecule has 0 atom stereocenters. The maximum absolute atomic E-state index is 13.0. The molecule has 0 radical (unpaired) electrons. The fourth-order valence-corrected chi connectivity index (χ4v) is 3.72. The number of carbonyl (C=O) groups excluding carboxylic acids is 1. The fraction of sp³-hybridized carbons (Fsp3) is 0.381. The van der Waals surface area contributed by atoms with Crippen LogP contribution >= 0.6 is 11.8 Å². The second kappa shape index (κ2) is 9.76. The van der Waals surface area contributed by atoms with E-state index < -0.39 is 5.97 Å². The molecule has 0 bridgehead atoms. The van der Waals surface area contributed by atoms with Gasteiger partial charge in [-0.25, -0.2) is 9.78 Å². The van der Waals surface area contributed by atoms with Gasteiger partial charge < -0.3 is 13.9 Å². The maximum Gasteiger partial charge on any atom is 0.373 e. The van der Waals surface area contributed by atoms with Crippen LogP contribution in [0.25, 0.3) is 10.9 Å². The Bertz CT molecular complexity index is 1040. The molecule has 0 aliphatic rings. The predicted octanol–water partition coefficient (Wildman–Crippen LogP) is 3.88. The zero-order valence-electron chi connectivity index (χ0n) is 16.7. The summed E-state index contributed by atoms with van der Waals surface area (Å²) >= 11 is 1.39. The van der Waals surface area contributed by atoms with Crippen molar-refractivity contribution in [1.82, 2.24) is 9.55 Å². The summed E-state index contributed by atoms with van der Waals surface area (Å²) in [5.74, 6) is 0.669. The van der Waals surface area contributed by atoms with Crippen LogP contribution in [0.2, 0.25) is 0 Å². The molecular formula is C21H24N2O5S. The largest absolute Gasteiger partial charge is 0.463 e. The normalized spacial score (nSPS) is 11.3. The lowest BCUT2D eigenvalue weighted by atomic mass is 10.2. The summed E-state index contributed by atoms with van der Waals surface area (Å²) in [6.07, 6.45) is 0.858. The lowest BCUT2D eigenvalue weighted by Gasteiger charge is -2.13. The number of fused-ring (bicyclic) bond motifs is 1. The van der Waals surface area contributed by atoms with E-state index in [0.29, 0.717) is 47.1 Å². The highest BCUT2D eigenvalue weighted by Gasteiger charge is 2.15. The van der Waals surface area contributed by atoms with E-state index in [4.69, 9.17) is 9.15 Å². The number of aromatic nitrogens is 2. The molecule has 7 nitrogen and oxygen atoms in total. The van der Waals surface area contributed by atoms with Crippen molar-refractivity contribution in [3.05, 3.63) is 58.3 Å². The fourth-order valence-electron chi connectivity index (χ4n) is 2.80. The molecule has 0 fully saturated rings. The summed E-state index contributed by atoms with van der Waals surface area (Å²) < 4.78 is 17.4. The van der Waals surface area contributed by atoms with Crippen molar-refractivity contribution >= 4 is 28.6 Å². The molecule has 0 N–H and O–H groups in total. The Labute approximate surface area is 173 Å². The van der Waals surface area contributed by atoms with E-state index in [0.717, 1.165) is 0 Å². The van der Waals surface area contributed by atoms with Crippen molar-refractivity contribution in [2.75, 3.05) is 13.7 Å². The van der Waals surface area contributed by atoms with Crippen LogP contribution in [-0.4, -0.2) is 35.3 Å². The summed E-state index contributed by atoms with van der Waals surface area (Å²) in [6.45, 7) is 5.05. The summed E-state index contributed by atoms with van der Waals surface area (Å²) in [7, 11) is 1.31. The zero-order valence-corrected chi connectivity index (χ0v) is 17.5. The molecule has 0 aliphatic heterocycles. The lowest BCUT2D eigenvalue weighted by Crippen LogP contribution is -2.24. The minimum absolute atomic E-state index is 0.0719. The molecular weight excluding hydrogens is 392 g/mol. The second-order valence-corrected chi connectivity index (χ2v) is 7.63. The Balaban J connectivity index is 1.82. The molecule has 2 aromatic heterocycles. The van der Waals surface area contributed by atoms with Crippen LogP contribution in [0.4, 0.5) is 0 Å². The van der Waals surface area contributed by atoms with Crippen molar-refractivity contribution < 1.29 is 18.7 Å². The Kier molecular flexibility index (Phi) is 7.11. The minimum Gasteiger partial charge on any atom is -0.463 e. The maximum atomic E-state index is 13.0. The monoisotopic (exact) mass is 416 g/mol. The molecule has 29 heavy (non-hydrogen) atoms. The Morgan fingerprint density at radius 2 is 2.03 bits per heavy atom. The average molecular weight is 416 g/mol. The highest BCUT2D eigenvalue weighted by Crippen LogP contribution is 2.23. The molecule has 0 spiro atoms. The summed E-state index contributed by atoms with van der Waals surface area (Å²) in [4.78, 5) is 29.2. The number of benzene rings is 1. The minimum atomic E-state index is -0.521. The molecule has 0 unspecified atom stereocenters. The van der Waals surface area contributed by atoms with Crippen molar-refractivity contribution in [2.45, 2.75) is 43.8 Å². The number of hydrogen-bond acceptors (Lipinski definition) is 7. The zero-order chi connectivity index (χ0) is 20.8. The van der Waals surface area contributed by atoms with E-state index in [1.54, 1.807) is 22.8 Å². The highest BCUT2D eigenvalue weighted by atomic mass is 32.2. The van der Waals surface area contributed by atoms with E-state index in [2.05, 4.69) is 9.72 Å². The van der Waals surface area contributed by atoms with Gasteiger partial charge in [-0.1, -0.05) is 23.9 Å². The quantitative estimate of drug-likeness (QED) is 0.226. The van der Waals surface area contributed by atoms with Crippen LogP contribution in [0.5, 0.6) is 0 Å². The Morgan fingerprint density at radius 1 is 1.24 bits per heavy atom. The smallest absolute Gasteiger partial charge is 0.373 e. The molecule has 0 aliphatic carbocycles. The SMILES string of the molecule is COC(=O)c1ccc(CSc2nc3ccccc3c(=O)n2CCCOC(C)C)o1. The van der Waals surface area contributed by atoms with E-state index in [9.17, 15) is 9.59 Å². The number of nitrogens with zero attached hydrogens (tertiary/aromatic N) is 2. The highest BCUT2D eigenvalue weighted by molar-refractivity contribution is 7.98. The first-order valence-electron chi connectivity index (χ1n) is 9.40. The third-order valence-corrected chi connectivity index (χ3v) is 5.19. The second-order valence-electron chi connectivity index (χ2n) is 6.69. The number of methoxy groups -OCH3 is 1. The van der Waals surface area contributed by atoms with Crippen LogP contribution in [0.3, 0.4) is 0 Å². The van der Waals surface area contributed by atoms with Crippen LogP contribution in [0, 0.1) is 0 Å². The first-order valence-corrected chi connectivity index (χ1v) is 10.4. The molecule has 154 valence electrons. The van der Waals surface area contributed by atoms with Crippen LogP contribution in [-0.2, 0) is 21.8 Å². The van der Waals surface area contributed by atoms with E-state index in [1.165, 1.54) is 18.9 Å². The number of thioether (sulfide) groups is 1. The number of para-hydroxylation sites is 1. The standard InChI is InChI=1S/C21H24N2O5S/c1-14(2)27-12-6-11-23-19(24)16-7-4-5-8-17(16)22-21(23)29-13-15-9-10-18(28-15)20(25)26-3/h4-5,7-10,14H,6,11-13H2,1-3H3. The molecule has 3 aromatic rings. The Hall–Kier alpha value is -2.58. The first-order chi connectivity index (χ1) is 14.0. The molecule has 0 saturated heterocycles. The lowest BCUT2D eigenvalue weighted by molar-refractivity contribution is 0.0563. The van der Waals surface area contributed by atoms with Crippen molar-refractivity contribution in [3.8, 4) is 0 Å². The third kappa shape index (κ3) is 5.27. The topological polar surface area (TPSA) is 83.6 Å². The van der Waals surface area contributed by atoms with Gasteiger partial charge in [-0.15, -0.1) is 0 Å². The average Bonchev–Trinajstić information content (AvgIpc) is 3.19. The number of carbonyl (C=O) groups is 1. The number of furan rings is 1. The van der Waals surface area contributed by atoms with Crippen molar-refractivity contribution in [3.63, 3.8) is 0 Å². The first kappa shape index (κ1) is 21.1. The van der Waals surface area contributed by atoms with Gasteiger partial charge in [0.15, 0.2) is 5.16 Å². The molecule has 0 saturated carbocycles. The summed E-state index contributed by atoms with van der Waals surface area (Å²) in [5.41, 5.74) is 0.585. The number of esters is 1. The van der Waals surface area contributed by atoms with Gasteiger partial charge in [0, 0.05) is 13.2 Å². The molecule has 2 heterocycles. The predicted molar refractivity (Wildman–Crippen MR) is 111 cm³/mol. The third-order valence-electron chi connectivity index (χ3n) is 4.20. The number of rotatable bonds is 9. The van der Waals surface area contributed by atoms with E-state index in [1.807, 2.05) is 32.0 Å². The van der Waals surface area contributed by atoms with Gasteiger partial charge in [0.25, 0.3) is 5.56 Å². The summed E-state index contributed by atoms with van der Waals surface area (Å²) in [5, 5.41) is 1.20. The van der Waals surface area contributed by atoms with Crippen LogP contribution in [0.15, 0.2) is 50.8 Å². The van der Waals surface area contributed by atoms with Crippen molar-refractivity contribution in [1.29, 1.82) is 0 Å². The van der Waals surface area contributed by atoms with Crippen molar-refractivity contribution in [2.24, 2.45) is 0 Å². The molecule has 0 amide bonds. The van der Waals surface area contributed by atoms with Gasteiger partial charge >= 0.3 is 5.97 Å².